The van der Waals surface area contributed by atoms with E-state index in [1.165, 1.54) is 24.3 Å². The van der Waals surface area contributed by atoms with Crippen LogP contribution in [0.5, 0.6) is 0 Å². The Balaban J connectivity index is 0.000000463. The number of anilines is 2. The van der Waals surface area contributed by atoms with Crippen molar-refractivity contribution in [2.75, 3.05) is 28.9 Å². The summed E-state index contributed by atoms with van der Waals surface area (Å²) in [6.45, 7) is 1.91. The fourth-order valence-corrected chi connectivity index (χ4v) is 7.11. The topological polar surface area (TPSA) is 188 Å². The van der Waals surface area contributed by atoms with Gasteiger partial charge in [-0.25, -0.2) is 8.42 Å². The maximum absolute atomic E-state index is 13.5. The van der Waals surface area contributed by atoms with Crippen molar-refractivity contribution in [3.05, 3.63) is 120 Å². The van der Waals surface area contributed by atoms with Gasteiger partial charge in [-0.05, 0) is 79.8 Å². The fourth-order valence-electron chi connectivity index (χ4n) is 5.19. The lowest BCUT2D eigenvalue weighted by molar-refractivity contribution is -0.141. The fraction of sp³-hybridized carbons (Fsp3) is 0.229. The smallest absolute Gasteiger partial charge is 0.326 e. The van der Waals surface area contributed by atoms with Gasteiger partial charge in [0.2, 0.25) is 5.91 Å². The van der Waals surface area contributed by atoms with Gasteiger partial charge in [-0.2, -0.15) is 8.42 Å². The Hall–Kier alpha value is -5.05. The van der Waals surface area contributed by atoms with E-state index in [2.05, 4.69) is 0 Å². The highest BCUT2D eigenvalue weighted by Crippen LogP contribution is 2.33. The Kier molecular flexibility index (Phi) is 12.3. The molecule has 0 aliphatic carbocycles. The Bertz CT molecular complexity index is 1990. The lowest BCUT2D eigenvalue weighted by Gasteiger charge is -2.31. The summed E-state index contributed by atoms with van der Waals surface area (Å²) in [6, 6.07) is 27.8. The van der Waals surface area contributed by atoms with Gasteiger partial charge in [0, 0.05) is 24.2 Å². The van der Waals surface area contributed by atoms with Crippen molar-refractivity contribution in [2.24, 2.45) is 5.73 Å². The number of hydrogen-bond donors (Lipinski definition) is 3. The number of carbonyl (C=O) groups excluding carboxylic acids is 2. The van der Waals surface area contributed by atoms with Gasteiger partial charge in [0.05, 0.1) is 22.1 Å². The van der Waals surface area contributed by atoms with Crippen LogP contribution in [0.3, 0.4) is 0 Å². The van der Waals surface area contributed by atoms with Crippen LogP contribution in [-0.2, 0) is 47.3 Å². The van der Waals surface area contributed by atoms with Gasteiger partial charge < -0.3 is 15.4 Å². The third-order valence-electron chi connectivity index (χ3n) is 7.61. The van der Waals surface area contributed by atoms with E-state index in [0.29, 0.717) is 37.1 Å². The Labute approximate surface area is 286 Å². The molecule has 1 aliphatic heterocycles. The highest BCUT2D eigenvalue weighted by Gasteiger charge is 2.30. The van der Waals surface area contributed by atoms with Crippen LogP contribution >= 0.6 is 0 Å². The largest absolute Gasteiger partial charge is 0.465 e. The lowest BCUT2D eigenvalue weighted by Crippen LogP contribution is -2.38. The zero-order valence-corrected chi connectivity index (χ0v) is 28.5. The molecular formula is C35H38N4O8S2. The number of rotatable bonds is 11. The molecule has 4 aromatic rings. The number of nitrogens with two attached hydrogens (primary N) is 1. The van der Waals surface area contributed by atoms with Crippen molar-refractivity contribution in [3.8, 4) is 0 Å². The number of amidine groups is 1. The molecule has 1 heterocycles. The number of nitrogen functional groups attached to an aromatic ring is 1. The molecule has 0 unspecified atom stereocenters. The molecular weight excluding hydrogens is 669 g/mol. The number of nitrogens with one attached hydrogen (secondary N) is 1. The van der Waals surface area contributed by atoms with Crippen molar-refractivity contribution in [1.82, 2.24) is 0 Å². The van der Waals surface area contributed by atoms with Crippen LogP contribution in [0.15, 0.2) is 113 Å². The number of sulfonamides is 1. The molecule has 4 aromatic carbocycles. The van der Waals surface area contributed by atoms with E-state index < -0.39 is 32.7 Å². The number of hydrogen-bond acceptors (Lipinski definition) is 8. The minimum absolute atomic E-state index is 0.000640. The molecule has 0 atom stereocenters. The van der Waals surface area contributed by atoms with E-state index in [4.69, 9.17) is 20.4 Å². The molecule has 14 heteroatoms. The first kappa shape index (κ1) is 36.8. The van der Waals surface area contributed by atoms with Gasteiger partial charge in [-0.3, -0.25) is 23.9 Å². The van der Waals surface area contributed by atoms with Crippen molar-refractivity contribution in [1.29, 1.82) is 5.41 Å². The van der Waals surface area contributed by atoms with Crippen molar-refractivity contribution in [2.45, 2.75) is 42.4 Å². The zero-order valence-electron chi connectivity index (χ0n) is 26.9. The highest BCUT2D eigenvalue weighted by atomic mass is 32.2. The van der Waals surface area contributed by atoms with Crippen LogP contribution in [0.2, 0.25) is 0 Å². The van der Waals surface area contributed by atoms with E-state index >= 15 is 0 Å². The number of nitrogens with zero attached hydrogens (tertiary/aromatic N) is 2. The van der Waals surface area contributed by atoms with Gasteiger partial charge in [0.25, 0.3) is 20.1 Å². The minimum atomic E-state index is -4.04. The Morgan fingerprint density at radius 1 is 0.898 bits per heavy atom. The quantitative estimate of drug-likeness (QED) is 0.0869. The Morgan fingerprint density at radius 3 is 2.06 bits per heavy atom. The first-order valence-electron chi connectivity index (χ1n) is 15.4. The summed E-state index contributed by atoms with van der Waals surface area (Å²) in [5, 5.41) is 7.51. The lowest BCUT2D eigenvalue weighted by atomic mass is 9.99. The number of ether oxygens (including phenoxy) is 1. The summed E-state index contributed by atoms with van der Waals surface area (Å²) >= 11 is 0. The van der Waals surface area contributed by atoms with Gasteiger partial charge in [-0.15, -0.1) is 0 Å². The number of benzene rings is 4. The predicted molar refractivity (Wildman–Crippen MR) is 187 cm³/mol. The average molecular weight is 707 g/mol. The summed E-state index contributed by atoms with van der Waals surface area (Å²) in [5.41, 5.74) is 9.05. The third kappa shape index (κ3) is 9.75. The number of amides is 1. The van der Waals surface area contributed by atoms with Crippen LogP contribution < -0.4 is 14.9 Å². The molecule has 4 N–H and O–H groups in total. The summed E-state index contributed by atoms with van der Waals surface area (Å²) in [6.07, 6.45) is 2.26. The monoisotopic (exact) mass is 706 g/mol. The van der Waals surface area contributed by atoms with E-state index in [1.54, 1.807) is 78.6 Å². The van der Waals surface area contributed by atoms with Crippen molar-refractivity contribution < 1.29 is 35.7 Å². The SMILES string of the molecule is CCOC(=O)CN(c1ccc2c(c1)CCCN2C(=O)CCc1ccc(C(=N)N)cc1)S(=O)(=O)c1ccccc1.O=S(=O)(O)c1ccccc1. The summed E-state index contributed by atoms with van der Waals surface area (Å²) in [7, 11) is -8.04. The second-order valence-electron chi connectivity index (χ2n) is 11.0. The summed E-state index contributed by atoms with van der Waals surface area (Å²) in [5.74, 6) is -0.679. The van der Waals surface area contributed by atoms with Crippen molar-refractivity contribution in [3.63, 3.8) is 0 Å². The predicted octanol–water partition coefficient (Wildman–Crippen LogP) is 4.57. The molecule has 1 aliphatic rings. The van der Waals surface area contributed by atoms with Gasteiger partial charge in [0.1, 0.15) is 12.4 Å². The minimum Gasteiger partial charge on any atom is -0.465 e. The molecule has 0 bridgehead atoms. The van der Waals surface area contributed by atoms with Crippen LogP contribution in [0.1, 0.15) is 36.5 Å². The maximum Gasteiger partial charge on any atom is 0.326 e. The first-order chi connectivity index (χ1) is 23.3. The van der Waals surface area contributed by atoms with E-state index in [-0.39, 0.29) is 28.1 Å². The van der Waals surface area contributed by atoms with Crippen LogP contribution in [0.25, 0.3) is 0 Å². The van der Waals surface area contributed by atoms with E-state index in [9.17, 15) is 26.4 Å². The molecule has 0 aromatic heterocycles. The third-order valence-corrected chi connectivity index (χ3v) is 10.3. The Morgan fingerprint density at radius 2 is 1.51 bits per heavy atom. The van der Waals surface area contributed by atoms with Gasteiger partial charge in [0.15, 0.2) is 0 Å². The molecule has 0 saturated carbocycles. The molecule has 0 fully saturated rings. The summed E-state index contributed by atoms with van der Waals surface area (Å²) < 4.78 is 62.4. The molecule has 0 spiro atoms. The number of esters is 1. The molecule has 0 saturated heterocycles. The molecule has 49 heavy (non-hydrogen) atoms. The number of carbonyl (C=O) groups is 2. The van der Waals surface area contributed by atoms with E-state index in [1.807, 2.05) is 12.1 Å². The van der Waals surface area contributed by atoms with Crippen LogP contribution in [0.4, 0.5) is 11.4 Å². The van der Waals surface area contributed by atoms with E-state index in [0.717, 1.165) is 27.5 Å². The zero-order chi connectivity index (χ0) is 35.6. The van der Waals surface area contributed by atoms with Gasteiger partial charge >= 0.3 is 5.97 Å². The van der Waals surface area contributed by atoms with Crippen LogP contribution in [0, 0.1) is 5.41 Å². The molecule has 5 rings (SSSR count). The van der Waals surface area contributed by atoms with Crippen LogP contribution in [-0.4, -0.2) is 58.8 Å². The molecule has 12 nitrogen and oxygen atoms in total. The average Bonchev–Trinajstić information content (AvgIpc) is 3.10. The molecule has 258 valence electrons. The standard InChI is InChI=1S/C29H32N4O5S.C6H6O3S/c1-2-38-28(35)20-33(39(36,37)25-8-4-3-5-9-25)24-15-16-26-23(19-24)7-6-18-32(26)27(34)17-12-21-10-13-22(14-11-21)29(30)31;7-10(8,9)6-4-2-1-3-5-6/h3-5,8-11,13-16,19H,2,6-7,12,17-18,20H2,1H3,(H3,30,31);1-5H,(H,7,8,9). The van der Waals surface area contributed by atoms with Crippen molar-refractivity contribution >= 4 is 49.2 Å². The normalized spacial score (nSPS) is 12.6. The highest BCUT2D eigenvalue weighted by molar-refractivity contribution is 7.92. The first-order valence-corrected chi connectivity index (χ1v) is 18.3. The molecule has 1 amide bonds. The maximum atomic E-state index is 13.5. The number of aryl methyl sites for hydroxylation is 2. The summed E-state index contributed by atoms with van der Waals surface area (Å²) in [4.78, 5) is 27.3. The molecule has 0 radical (unpaired) electrons. The number of fused-ring (bicyclic) bond motifs is 1. The van der Waals surface area contributed by atoms with Gasteiger partial charge in [-0.1, -0.05) is 60.7 Å². The second-order valence-corrected chi connectivity index (χ2v) is 14.3. The second kappa shape index (κ2) is 16.4.